The number of hydrogen-bond acceptors (Lipinski definition) is 15. The summed E-state index contributed by atoms with van der Waals surface area (Å²) in [6, 6.07) is 22.7. The van der Waals surface area contributed by atoms with E-state index in [-0.39, 0.29) is 104 Å². The molecule has 4 aliphatic heterocycles. The Labute approximate surface area is 515 Å². The second-order valence-corrected chi connectivity index (χ2v) is 24.2. The van der Waals surface area contributed by atoms with Crippen LogP contribution in [0.15, 0.2) is 101 Å². The number of carbonyl (C=O) groups is 8. The summed E-state index contributed by atoms with van der Waals surface area (Å²) >= 11 is 0. The van der Waals surface area contributed by atoms with Crippen LogP contribution in [0.25, 0.3) is 0 Å². The lowest BCUT2D eigenvalue weighted by Crippen LogP contribution is -2.58. The minimum Gasteiger partial charge on any atom is -0.396 e. The van der Waals surface area contributed by atoms with Crippen molar-refractivity contribution in [2.45, 2.75) is 183 Å². The number of carbonyl (C=O) groups excluding carboxylic acids is 8. The van der Waals surface area contributed by atoms with Gasteiger partial charge in [0, 0.05) is 75.3 Å². The topological polar surface area (TPSA) is 294 Å². The highest BCUT2D eigenvalue weighted by Crippen LogP contribution is 2.38. The second-order valence-electron chi connectivity index (χ2n) is 24.2. The molecule has 0 bridgehead atoms. The number of amides is 6. The average molecular weight is 1210 g/mol. The van der Waals surface area contributed by atoms with E-state index in [1.807, 2.05) is 80.6 Å². The molecule has 0 aromatic heterocycles. The lowest BCUT2D eigenvalue weighted by Gasteiger charge is -2.33. The molecular formula is C67H90N10O11. The summed E-state index contributed by atoms with van der Waals surface area (Å²) in [6.45, 7) is 4.09. The first kappa shape index (κ1) is 66.3. The summed E-state index contributed by atoms with van der Waals surface area (Å²) in [5.74, 6) is -3.60. The van der Waals surface area contributed by atoms with Gasteiger partial charge >= 0.3 is 0 Å². The van der Waals surface area contributed by atoms with E-state index in [4.69, 9.17) is 0 Å². The van der Waals surface area contributed by atoms with Gasteiger partial charge in [-0.25, -0.2) is 0 Å². The molecule has 88 heavy (non-hydrogen) atoms. The zero-order valence-electron chi connectivity index (χ0n) is 51.4. The fourth-order valence-electron chi connectivity index (χ4n) is 13.6. The van der Waals surface area contributed by atoms with Gasteiger partial charge in [0.25, 0.3) is 10.9 Å². The minimum atomic E-state index is -1.01. The summed E-state index contributed by atoms with van der Waals surface area (Å²) in [6.07, 6.45) is 7.64. The molecule has 4 aliphatic rings. The number of anilines is 2. The van der Waals surface area contributed by atoms with Gasteiger partial charge in [-0.1, -0.05) is 111 Å². The smallest absolute Gasteiger partial charge is 0.253 e. The molecule has 0 saturated carbocycles. The Kier molecular flexibility index (Phi) is 24.1. The number of benzene rings is 3. The zero-order chi connectivity index (χ0) is 62.9. The van der Waals surface area contributed by atoms with E-state index >= 15 is 0 Å². The van der Waals surface area contributed by atoms with Crippen molar-refractivity contribution in [2.24, 2.45) is 11.8 Å². The van der Waals surface area contributed by atoms with Crippen molar-refractivity contribution in [1.82, 2.24) is 41.7 Å². The van der Waals surface area contributed by atoms with Gasteiger partial charge in [-0.15, -0.1) is 0 Å². The van der Waals surface area contributed by atoms with E-state index < -0.39 is 76.8 Å². The Balaban J connectivity index is 0.795. The molecule has 9 N–H and O–H groups in total. The molecule has 11 atom stereocenters. The van der Waals surface area contributed by atoms with Gasteiger partial charge in [0.2, 0.25) is 35.4 Å². The fourth-order valence-corrected chi connectivity index (χ4v) is 13.6. The van der Waals surface area contributed by atoms with E-state index in [0.29, 0.717) is 102 Å². The Morgan fingerprint density at radius 3 is 1.56 bits per heavy atom. The fraction of sp³-hybridized carbons (Fsp3) is 0.552. The van der Waals surface area contributed by atoms with Crippen LogP contribution in [0, 0.1) is 11.8 Å². The summed E-state index contributed by atoms with van der Waals surface area (Å²) in [4.78, 5) is 141. The third-order valence-corrected chi connectivity index (χ3v) is 18.7. The first-order chi connectivity index (χ1) is 42.6. The predicted molar refractivity (Wildman–Crippen MR) is 336 cm³/mol. The van der Waals surface area contributed by atoms with Crippen LogP contribution in [0.4, 0.5) is 11.4 Å². The number of nitrogens with zero attached hydrogens (tertiary/aromatic N) is 2. The first-order valence-corrected chi connectivity index (χ1v) is 31.9. The number of likely N-dealkylation sites (N-methyl/N-ethyl adjacent to an activating group) is 2. The van der Waals surface area contributed by atoms with Crippen LogP contribution >= 0.6 is 0 Å². The number of fused-ring (bicyclic) bond motifs is 2. The van der Waals surface area contributed by atoms with Crippen LogP contribution in [-0.4, -0.2) is 151 Å². The van der Waals surface area contributed by atoms with E-state index in [0.717, 1.165) is 11.1 Å². The molecule has 4 fully saturated rings. The first-order valence-electron chi connectivity index (χ1n) is 31.9. The van der Waals surface area contributed by atoms with Crippen molar-refractivity contribution in [3.05, 3.63) is 128 Å². The van der Waals surface area contributed by atoms with Crippen LogP contribution < -0.4 is 53.4 Å². The lowest BCUT2D eigenvalue weighted by molar-refractivity contribution is -0.144. The molecule has 4 saturated heterocycles. The molecule has 4 heterocycles. The van der Waals surface area contributed by atoms with Gasteiger partial charge < -0.3 is 57.4 Å². The SMILES string of the molecule is CC[C@H](NC)C(=O)N[C@@H]1C(=O)N2[C@@H](CC[C@@H]1CNC(=O)CCCNc1c(NCCCCCC(=O)[C@@H](NC(=O)[C@@H]3CC[C@@H]4CC[C@H](CO)[C@H](NC(=O)[C@H](CC)NC)C(=O)N43)c3ccccc3)c(=O)c1=O)CC[C@H]2C(=O)CC(c1ccccc1)c1ccccc1. The van der Waals surface area contributed by atoms with Crippen molar-refractivity contribution in [3.8, 4) is 0 Å². The van der Waals surface area contributed by atoms with E-state index in [1.54, 1.807) is 48.2 Å². The maximum absolute atomic E-state index is 14.8. The highest BCUT2D eigenvalue weighted by Gasteiger charge is 2.50. The molecule has 21 heteroatoms. The molecule has 4 aromatic carbocycles. The Bertz CT molecular complexity index is 3060. The van der Waals surface area contributed by atoms with Crippen LogP contribution in [-0.2, 0) is 38.4 Å². The number of rotatable bonds is 32. The lowest BCUT2D eigenvalue weighted by atomic mass is 9.85. The summed E-state index contributed by atoms with van der Waals surface area (Å²) in [5, 5.41) is 34.2. The third-order valence-electron chi connectivity index (χ3n) is 18.7. The number of ketones is 2. The Hall–Kier alpha value is -7.62. The molecule has 0 unspecified atom stereocenters. The van der Waals surface area contributed by atoms with Crippen molar-refractivity contribution in [1.29, 1.82) is 0 Å². The number of Topliss-reactive ketones (excluding diaryl/α,β-unsaturated/α-hetero) is 2. The highest BCUT2D eigenvalue weighted by molar-refractivity contribution is 5.97. The molecule has 0 spiro atoms. The number of hydrogen-bond donors (Lipinski definition) is 9. The molecular weight excluding hydrogens is 1120 g/mol. The molecule has 4 aromatic rings. The van der Waals surface area contributed by atoms with Gasteiger partial charge in [0.1, 0.15) is 35.5 Å². The maximum Gasteiger partial charge on any atom is 0.253 e. The number of unbranched alkanes of at least 4 members (excludes halogenated alkanes) is 2. The van der Waals surface area contributed by atoms with Gasteiger partial charge in [-0.2, -0.15) is 0 Å². The average Bonchev–Trinajstić information content (AvgIpc) is 1.87. The van der Waals surface area contributed by atoms with Gasteiger partial charge in [0.15, 0.2) is 11.6 Å². The number of nitrogens with one attached hydrogen (secondary N) is 8. The zero-order valence-corrected chi connectivity index (χ0v) is 51.4. The van der Waals surface area contributed by atoms with Gasteiger partial charge in [-0.05, 0) is 114 Å². The third kappa shape index (κ3) is 16.0. The number of aliphatic hydroxyl groups excluding tert-OH is 1. The molecule has 0 radical (unpaired) electrons. The molecule has 474 valence electrons. The quantitative estimate of drug-likeness (QED) is 0.0244. The van der Waals surface area contributed by atoms with Crippen molar-refractivity contribution >= 4 is 58.4 Å². The van der Waals surface area contributed by atoms with Crippen LogP contribution in [0.1, 0.15) is 152 Å². The number of aliphatic hydroxyl groups is 1. The monoisotopic (exact) mass is 1210 g/mol. The van der Waals surface area contributed by atoms with E-state index in [9.17, 15) is 53.1 Å². The normalized spacial score (nSPS) is 22.8. The van der Waals surface area contributed by atoms with Crippen LogP contribution in [0.5, 0.6) is 0 Å². The van der Waals surface area contributed by atoms with E-state index in [2.05, 4.69) is 42.5 Å². The van der Waals surface area contributed by atoms with Gasteiger partial charge in [0.05, 0.1) is 18.1 Å². The molecule has 8 rings (SSSR count). The Morgan fingerprint density at radius 2 is 1.03 bits per heavy atom. The molecule has 0 aliphatic carbocycles. The largest absolute Gasteiger partial charge is 0.396 e. The highest BCUT2D eigenvalue weighted by atomic mass is 16.3. The predicted octanol–water partition coefficient (Wildman–Crippen LogP) is 4.28. The maximum atomic E-state index is 14.8. The van der Waals surface area contributed by atoms with Crippen molar-refractivity contribution in [3.63, 3.8) is 0 Å². The van der Waals surface area contributed by atoms with Gasteiger partial charge in [-0.3, -0.25) is 47.9 Å². The van der Waals surface area contributed by atoms with Crippen LogP contribution in [0.3, 0.4) is 0 Å². The van der Waals surface area contributed by atoms with E-state index in [1.165, 1.54) is 0 Å². The van der Waals surface area contributed by atoms with Crippen LogP contribution in [0.2, 0.25) is 0 Å². The van der Waals surface area contributed by atoms with Crippen molar-refractivity contribution < 1.29 is 43.5 Å². The second kappa shape index (κ2) is 32.0. The summed E-state index contributed by atoms with van der Waals surface area (Å²) < 4.78 is 0. The standard InChI is InChI=1S/C67H90N10O11/c1-5-49(68-3)63(84)74-57-44(28-30-46-32-34-51(76(46)66(57)87)54(80)38-48(41-20-11-7-12-21-41)42-22-13-8-14-23-42)39-72-55(81)27-19-37-71-60-59(61(82)62(60)83)70-36-18-10-17-26-53(79)56(43-24-15-9-16-25-43)73-65(86)52-35-33-47-31-29-45(40-78)58(67(88)77(47)52)75-64(85)50(6-2)69-4/h7-9,11-16,20-25,44-52,56-58,68-71,78H,5-6,10,17-19,26-40H2,1-4H3,(H,72,81)(H,73,86)(H,74,84)(H,75,85)/t44-,45-,46+,47+,49+,50+,51+,52+,56+,57+,58+/m1/s1. The molecule has 21 nitrogen and oxygen atoms in total. The Morgan fingerprint density at radius 1 is 0.557 bits per heavy atom. The van der Waals surface area contributed by atoms with Crippen molar-refractivity contribution in [2.75, 3.05) is 51.0 Å². The molecule has 6 amide bonds. The summed E-state index contributed by atoms with van der Waals surface area (Å²) in [7, 11) is 3.35. The summed E-state index contributed by atoms with van der Waals surface area (Å²) in [5.41, 5.74) is 1.59. The minimum absolute atomic E-state index is 0.0320.